The lowest BCUT2D eigenvalue weighted by atomic mass is 10.1. The monoisotopic (exact) mass is 392 g/mol. The minimum Gasteiger partial charge on any atom is -0.375 e. The molecule has 1 aromatic heterocycles. The highest BCUT2D eigenvalue weighted by molar-refractivity contribution is 7.89. The number of methoxy groups -OCH3 is 1. The van der Waals surface area contributed by atoms with E-state index in [0.717, 1.165) is 16.8 Å². The molecular weight excluding hydrogens is 368 g/mol. The molecule has 0 bridgehead atoms. The molecule has 1 aliphatic carbocycles. The van der Waals surface area contributed by atoms with E-state index in [9.17, 15) is 13.2 Å². The van der Waals surface area contributed by atoms with Crippen LogP contribution in [-0.2, 0) is 38.9 Å². The maximum Gasteiger partial charge on any atom is 0.246 e. The minimum atomic E-state index is -3.59. The van der Waals surface area contributed by atoms with Crippen molar-refractivity contribution in [3.05, 3.63) is 47.3 Å². The Labute approximate surface area is 159 Å². The number of ether oxygens (including phenoxy) is 1. The number of rotatable bonds is 8. The van der Waals surface area contributed by atoms with Crippen LogP contribution in [0.4, 0.5) is 0 Å². The number of sulfonamides is 1. The first-order valence-corrected chi connectivity index (χ1v) is 10.3. The van der Waals surface area contributed by atoms with Crippen LogP contribution in [0.25, 0.3) is 0 Å². The molecule has 146 valence electrons. The largest absolute Gasteiger partial charge is 0.375 e. The fraction of sp³-hybridized carbons (Fsp3) is 0.444. The van der Waals surface area contributed by atoms with Crippen LogP contribution >= 0.6 is 0 Å². The van der Waals surface area contributed by atoms with E-state index in [1.165, 1.54) is 7.11 Å². The van der Waals surface area contributed by atoms with Crippen molar-refractivity contribution in [1.29, 1.82) is 0 Å². The van der Waals surface area contributed by atoms with E-state index < -0.39 is 10.0 Å². The Morgan fingerprint density at radius 2 is 2.07 bits per heavy atom. The summed E-state index contributed by atoms with van der Waals surface area (Å²) in [5, 5.41) is 7.13. The number of nitrogens with one attached hydrogen (secondary N) is 2. The van der Waals surface area contributed by atoms with Gasteiger partial charge in [0.15, 0.2) is 0 Å². The predicted octanol–water partition coefficient (Wildman–Crippen LogP) is 0.400. The molecule has 0 saturated carbocycles. The van der Waals surface area contributed by atoms with Gasteiger partial charge < -0.3 is 10.1 Å². The van der Waals surface area contributed by atoms with Gasteiger partial charge in [-0.3, -0.25) is 9.48 Å². The maximum absolute atomic E-state index is 12.5. The van der Waals surface area contributed by atoms with Gasteiger partial charge in [0.25, 0.3) is 0 Å². The van der Waals surface area contributed by atoms with Crippen LogP contribution in [0.15, 0.2) is 35.4 Å². The molecule has 2 N–H and O–H groups in total. The van der Waals surface area contributed by atoms with Gasteiger partial charge in [-0.25, -0.2) is 13.1 Å². The van der Waals surface area contributed by atoms with Gasteiger partial charge in [-0.1, -0.05) is 6.07 Å². The van der Waals surface area contributed by atoms with Crippen LogP contribution in [0.3, 0.4) is 0 Å². The Hall–Kier alpha value is -2.23. The van der Waals surface area contributed by atoms with E-state index in [0.29, 0.717) is 19.4 Å². The van der Waals surface area contributed by atoms with E-state index in [2.05, 4.69) is 15.1 Å². The molecule has 0 fully saturated rings. The molecule has 9 heteroatoms. The SMILES string of the molecule is COCC(=O)N[C@@H]1Cc2ccc(S(=O)(=O)NCCn3ccc(C)n3)cc2C1. The first-order chi connectivity index (χ1) is 12.9. The maximum atomic E-state index is 12.5. The molecule has 0 radical (unpaired) electrons. The van der Waals surface area contributed by atoms with Crippen molar-refractivity contribution in [3.63, 3.8) is 0 Å². The zero-order valence-corrected chi connectivity index (χ0v) is 16.3. The summed E-state index contributed by atoms with van der Waals surface area (Å²) in [5.41, 5.74) is 2.90. The molecule has 27 heavy (non-hydrogen) atoms. The van der Waals surface area contributed by atoms with E-state index in [4.69, 9.17) is 4.74 Å². The fourth-order valence-electron chi connectivity index (χ4n) is 3.23. The lowest BCUT2D eigenvalue weighted by molar-refractivity contribution is -0.125. The predicted molar refractivity (Wildman–Crippen MR) is 99.8 cm³/mol. The third kappa shape index (κ3) is 4.94. The molecule has 1 amide bonds. The van der Waals surface area contributed by atoms with Crippen LogP contribution in [0.1, 0.15) is 16.8 Å². The number of nitrogens with zero attached hydrogens (tertiary/aromatic N) is 2. The number of hydrogen-bond acceptors (Lipinski definition) is 5. The Morgan fingerprint density at radius 1 is 1.30 bits per heavy atom. The Balaban J connectivity index is 1.60. The molecule has 1 atom stereocenters. The lowest BCUT2D eigenvalue weighted by Crippen LogP contribution is -2.37. The number of carbonyl (C=O) groups is 1. The summed E-state index contributed by atoms with van der Waals surface area (Å²) in [4.78, 5) is 11.9. The number of amides is 1. The van der Waals surface area contributed by atoms with Crippen LogP contribution in [-0.4, -0.2) is 50.4 Å². The van der Waals surface area contributed by atoms with Gasteiger partial charge in [0.2, 0.25) is 15.9 Å². The van der Waals surface area contributed by atoms with Crippen LogP contribution in [0.5, 0.6) is 0 Å². The highest BCUT2D eigenvalue weighted by Crippen LogP contribution is 2.25. The second-order valence-corrected chi connectivity index (χ2v) is 8.42. The summed E-state index contributed by atoms with van der Waals surface area (Å²) >= 11 is 0. The first-order valence-electron chi connectivity index (χ1n) is 8.77. The topological polar surface area (TPSA) is 102 Å². The fourth-order valence-corrected chi connectivity index (χ4v) is 4.30. The van der Waals surface area contributed by atoms with Crippen LogP contribution in [0, 0.1) is 6.92 Å². The van der Waals surface area contributed by atoms with Gasteiger partial charge in [-0.15, -0.1) is 0 Å². The van der Waals surface area contributed by atoms with E-state index >= 15 is 0 Å². The molecule has 1 aromatic carbocycles. The highest BCUT2D eigenvalue weighted by Gasteiger charge is 2.25. The summed E-state index contributed by atoms with van der Waals surface area (Å²) < 4.78 is 34.2. The summed E-state index contributed by atoms with van der Waals surface area (Å²) in [7, 11) is -2.12. The molecule has 1 aliphatic rings. The second kappa shape index (κ2) is 8.20. The van der Waals surface area contributed by atoms with Gasteiger partial charge in [0.05, 0.1) is 17.1 Å². The first kappa shape index (κ1) is 19.5. The van der Waals surface area contributed by atoms with Gasteiger partial charge >= 0.3 is 0 Å². The van der Waals surface area contributed by atoms with Crippen molar-refractivity contribution in [2.24, 2.45) is 0 Å². The molecule has 2 aromatic rings. The average Bonchev–Trinajstić information content (AvgIpc) is 3.19. The standard InChI is InChI=1S/C18H24N4O4S/c1-13-5-7-22(21-13)8-6-19-27(24,25)17-4-3-14-9-16(10-15(14)11-17)20-18(23)12-26-2/h3-5,7,11,16,19H,6,8-10,12H2,1-2H3,(H,20,23)/t16-/m1/s1. The van der Waals surface area contributed by atoms with Crippen molar-refractivity contribution in [2.45, 2.75) is 37.2 Å². The van der Waals surface area contributed by atoms with Gasteiger partial charge in [0.1, 0.15) is 6.61 Å². The average molecular weight is 392 g/mol. The van der Waals surface area contributed by atoms with Crippen LogP contribution in [0.2, 0.25) is 0 Å². The molecular formula is C18H24N4O4S. The second-order valence-electron chi connectivity index (χ2n) is 6.65. The van der Waals surface area contributed by atoms with E-state index in [-0.39, 0.29) is 30.0 Å². The smallest absolute Gasteiger partial charge is 0.246 e. The van der Waals surface area contributed by atoms with E-state index in [1.54, 1.807) is 16.8 Å². The zero-order valence-electron chi connectivity index (χ0n) is 15.4. The molecule has 0 unspecified atom stereocenters. The van der Waals surface area contributed by atoms with Gasteiger partial charge in [0, 0.05) is 25.9 Å². The third-order valence-corrected chi connectivity index (χ3v) is 5.93. The quantitative estimate of drug-likeness (QED) is 0.677. The molecule has 8 nitrogen and oxygen atoms in total. The van der Waals surface area contributed by atoms with Crippen molar-refractivity contribution < 1.29 is 17.9 Å². The van der Waals surface area contributed by atoms with Crippen molar-refractivity contribution >= 4 is 15.9 Å². The zero-order chi connectivity index (χ0) is 19.4. The number of hydrogen-bond donors (Lipinski definition) is 2. The molecule has 0 aliphatic heterocycles. The summed E-state index contributed by atoms with van der Waals surface area (Å²) in [6.07, 6.45) is 3.12. The Morgan fingerprint density at radius 3 is 2.78 bits per heavy atom. The third-order valence-electron chi connectivity index (χ3n) is 4.47. The number of aryl methyl sites for hydroxylation is 1. The summed E-state index contributed by atoms with van der Waals surface area (Å²) in [6, 6.07) is 6.97. The molecule has 3 rings (SSSR count). The number of fused-ring (bicyclic) bond motifs is 1. The highest BCUT2D eigenvalue weighted by atomic mass is 32.2. The van der Waals surface area contributed by atoms with Gasteiger partial charge in [-0.05, 0) is 49.1 Å². The Bertz CT molecular complexity index is 923. The molecule has 1 heterocycles. The lowest BCUT2D eigenvalue weighted by Gasteiger charge is -2.11. The summed E-state index contributed by atoms with van der Waals surface area (Å²) in [5.74, 6) is -0.168. The Kier molecular flexibility index (Phi) is 5.93. The van der Waals surface area contributed by atoms with Gasteiger partial charge in [-0.2, -0.15) is 5.10 Å². The number of carbonyl (C=O) groups excluding carboxylic acids is 1. The molecule has 0 saturated heterocycles. The number of aromatic nitrogens is 2. The van der Waals surface area contributed by atoms with E-state index in [1.807, 2.05) is 25.3 Å². The normalized spacial score (nSPS) is 16.3. The summed E-state index contributed by atoms with van der Waals surface area (Å²) in [6.45, 7) is 2.63. The van der Waals surface area contributed by atoms with Crippen molar-refractivity contribution in [1.82, 2.24) is 19.8 Å². The van der Waals surface area contributed by atoms with Crippen molar-refractivity contribution in [2.75, 3.05) is 20.3 Å². The molecule has 0 spiro atoms. The van der Waals surface area contributed by atoms with Crippen LogP contribution < -0.4 is 10.0 Å². The minimum absolute atomic E-state index is 0.0200. The number of benzene rings is 1. The van der Waals surface area contributed by atoms with Crippen molar-refractivity contribution in [3.8, 4) is 0 Å².